The summed E-state index contributed by atoms with van der Waals surface area (Å²) in [5, 5.41) is 12.5. The quantitative estimate of drug-likeness (QED) is 0.761. The maximum absolute atomic E-state index is 8.94. The van der Waals surface area contributed by atoms with Crippen molar-refractivity contribution in [3.8, 4) is 0 Å². The van der Waals surface area contributed by atoms with Crippen molar-refractivity contribution in [2.24, 2.45) is 5.92 Å². The van der Waals surface area contributed by atoms with Crippen LogP contribution in [-0.4, -0.2) is 18.3 Å². The molecule has 1 atom stereocenters. The molecule has 0 aliphatic rings. The molecule has 0 spiro atoms. The van der Waals surface area contributed by atoms with E-state index in [0.717, 1.165) is 25.9 Å². The van der Waals surface area contributed by atoms with Gasteiger partial charge in [0.05, 0.1) is 0 Å². The van der Waals surface area contributed by atoms with Gasteiger partial charge < -0.3 is 10.4 Å². The van der Waals surface area contributed by atoms with Crippen LogP contribution in [0.15, 0.2) is 18.2 Å². The second-order valence-electron chi connectivity index (χ2n) is 4.79. The molecule has 0 amide bonds. The van der Waals surface area contributed by atoms with Crippen LogP contribution in [0.25, 0.3) is 0 Å². The number of aliphatic hydroxyl groups excluding tert-OH is 1. The highest BCUT2D eigenvalue weighted by molar-refractivity contribution is 5.33. The van der Waals surface area contributed by atoms with E-state index in [-0.39, 0.29) is 0 Å². The largest absolute Gasteiger partial charge is 0.396 e. The van der Waals surface area contributed by atoms with Crippen LogP contribution < -0.4 is 5.32 Å². The van der Waals surface area contributed by atoms with Gasteiger partial charge in [-0.05, 0) is 49.4 Å². The molecule has 2 N–H and O–H groups in total. The van der Waals surface area contributed by atoms with Gasteiger partial charge in [0.15, 0.2) is 0 Å². The molecule has 0 bridgehead atoms. The van der Waals surface area contributed by atoms with E-state index >= 15 is 0 Å². The zero-order chi connectivity index (χ0) is 12.7. The van der Waals surface area contributed by atoms with Gasteiger partial charge in [-0.15, -0.1) is 0 Å². The van der Waals surface area contributed by atoms with Crippen LogP contribution in [0, 0.1) is 19.8 Å². The Labute approximate surface area is 105 Å². The first-order valence-electron chi connectivity index (χ1n) is 6.55. The van der Waals surface area contributed by atoms with Gasteiger partial charge in [0, 0.05) is 13.2 Å². The SMILES string of the molecule is CCC(CCO)CNCc1c(C)cccc1C. The van der Waals surface area contributed by atoms with E-state index in [4.69, 9.17) is 5.11 Å². The molecule has 0 fully saturated rings. The average Bonchev–Trinajstić information content (AvgIpc) is 2.31. The van der Waals surface area contributed by atoms with Crippen LogP contribution in [0.3, 0.4) is 0 Å². The lowest BCUT2D eigenvalue weighted by molar-refractivity contribution is 0.251. The second kappa shape index (κ2) is 7.46. The summed E-state index contributed by atoms with van der Waals surface area (Å²) in [6, 6.07) is 6.43. The summed E-state index contributed by atoms with van der Waals surface area (Å²) in [5.41, 5.74) is 4.12. The Morgan fingerprint density at radius 3 is 2.41 bits per heavy atom. The number of hydrogen-bond acceptors (Lipinski definition) is 2. The summed E-state index contributed by atoms with van der Waals surface area (Å²) >= 11 is 0. The molecule has 0 radical (unpaired) electrons. The van der Waals surface area contributed by atoms with Gasteiger partial charge in [0.1, 0.15) is 0 Å². The lowest BCUT2D eigenvalue weighted by Gasteiger charge is -2.16. The summed E-state index contributed by atoms with van der Waals surface area (Å²) in [5.74, 6) is 0.587. The summed E-state index contributed by atoms with van der Waals surface area (Å²) in [6.45, 7) is 8.72. The molecule has 0 saturated carbocycles. The van der Waals surface area contributed by atoms with E-state index in [2.05, 4.69) is 44.3 Å². The molecule has 96 valence electrons. The molecule has 17 heavy (non-hydrogen) atoms. The first kappa shape index (κ1) is 14.2. The van der Waals surface area contributed by atoms with E-state index in [9.17, 15) is 0 Å². The van der Waals surface area contributed by atoms with Crippen molar-refractivity contribution in [3.05, 3.63) is 34.9 Å². The predicted molar refractivity (Wildman–Crippen MR) is 73.1 cm³/mol. The van der Waals surface area contributed by atoms with Crippen molar-refractivity contribution in [2.75, 3.05) is 13.2 Å². The molecule has 1 aromatic carbocycles. The summed E-state index contributed by atoms with van der Waals surface area (Å²) < 4.78 is 0. The smallest absolute Gasteiger partial charge is 0.0434 e. The van der Waals surface area contributed by atoms with E-state index in [1.54, 1.807) is 0 Å². The molecule has 1 unspecified atom stereocenters. The van der Waals surface area contributed by atoms with Crippen LogP contribution in [0.4, 0.5) is 0 Å². The van der Waals surface area contributed by atoms with Gasteiger partial charge >= 0.3 is 0 Å². The van der Waals surface area contributed by atoms with Crippen molar-refractivity contribution in [2.45, 2.75) is 40.2 Å². The lowest BCUT2D eigenvalue weighted by atomic mass is 10.0. The fraction of sp³-hybridized carbons (Fsp3) is 0.600. The van der Waals surface area contributed by atoms with Gasteiger partial charge in [0.2, 0.25) is 0 Å². The Kier molecular flexibility index (Phi) is 6.23. The fourth-order valence-corrected chi connectivity index (χ4v) is 2.16. The second-order valence-corrected chi connectivity index (χ2v) is 4.79. The molecule has 0 aliphatic heterocycles. The van der Waals surface area contributed by atoms with Crippen LogP contribution in [0.1, 0.15) is 36.5 Å². The maximum atomic E-state index is 8.94. The zero-order valence-corrected chi connectivity index (χ0v) is 11.3. The minimum Gasteiger partial charge on any atom is -0.396 e. The Morgan fingerprint density at radius 1 is 1.24 bits per heavy atom. The average molecular weight is 235 g/mol. The third-order valence-corrected chi connectivity index (χ3v) is 3.49. The maximum Gasteiger partial charge on any atom is 0.0434 e. The van der Waals surface area contributed by atoms with Gasteiger partial charge in [-0.1, -0.05) is 31.5 Å². The molecule has 0 saturated heterocycles. The van der Waals surface area contributed by atoms with E-state index < -0.39 is 0 Å². The Bertz CT molecular complexity index is 315. The van der Waals surface area contributed by atoms with E-state index in [0.29, 0.717) is 12.5 Å². The van der Waals surface area contributed by atoms with Crippen molar-refractivity contribution in [1.82, 2.24) is 5.32 Å². The molecule has 0 heterocycles. The first-order chi connectivity index (χ1) is 8.19. The number of aryl methyl sites for hydroxylation is 2. The number of hydrogen-bond donors (Lipinski definition) is 2. The Hall–Kier alpha value is -0.860. The third-order valence-electron chi connectivity index (χ3n) is 3.49. The van der Waals surface area contributed by atoms with Gasteiger partial charge in [-0.25, -0.2) is 0 Å². The monoisotopic (exact) mass is 235 g/mol. The highest BCUT2D eigenvalue weighted by atomic mass is 16.3. The molecule has 0 aromatic heterocycles. The zero-order valence-electron chi connectivity index (χ0n) is 11.3. The Morgan fingerprint density at radius 2 is 1.88 bits per heavy atom. The predicted octanol–water partition coefficient (Wildman–Crippen LogP) is 2.80. The molecule has 0 aliphatic carbocycles. The number of aliphatic hydroxyl groups is 1. The highest BCUT2D eigenvalue weighted by Gasteiger charge is 2.06. The van der Waals surface area contributed by atoms with Gasteiger partial charge in [-0.2, -0.15) is 0 Å². The van der Waals surface area contributed by atoms with Crippen molar-refractivity contribution in [1.29, 1.82) is 0 Å². The third kappa shape index (κ3) is 4.49. The van der Waals surface area contributed by atoms with Crippen LogP contribution >= 0.6 is 0 Å². The minimum absolute atomic E-state index is 0.295. The van der Waals surface area contributed by atoms with E-state index in [1.807, 2.05) is 0 Å². The standard InChI is InChI=1S/C15H25NO/c1-4-14(8-9-17)10-16-11-15-12(2)6-5-7-13(15)3/h5-7,14,16-17H,4,8-11H2,1-3H3. The first-order valence-corrected chi connectivity index (χ1v) is 6.55. The molecular formula is C15H25NO. The molecule has 2 heteroatoms. The molecule has 1 aromatic rings. The van der Waals surface area contributed by atoms with Crippen molar-refractivity contribution in [3.63, 3.8) is 0 Å². The van der Waals surface area contributed by atoms with E-state index in [1.165, 1.54) is 16.7 Å². The fourth-order valence-electron chi connectivity index (χ4n) is 2.16. The van der Waals surface area contributed by atoms with Crippen LogP contribution in [0.2, 0.25) is 0 Å². The topological polar surface area (TPSA) is 32.3 Å². The number of nitrogens with one attached hydrogen (secondary N) is 1. The number of rotatable bonds is 7. The van der Waals surface area contributed by atoms with Crippen molar-refractivity contribution < 1.29 is 5.11 Å². The lowest BCUT2D eigenvalue weighted by Crippen LogP contribution is -2.23. The molecular weight excluding hydrogens is 210 g/mol. The van der Waals surface area contributed by atoms with Gasteiger partial charge in [-0.3, -0.25) is 0 Å². The summed E-state index contributed by atoms with van der Waals surface area (Å²) in [6.07, 6.45) is 2.02. The van der Waals surface area contributed by atoms with Crippen LogP contribution in [-0.2, 0) is 6.54 Å². The number of benzene rings is 1. The minimum atomic E-state index is 0.295. The summed E-state index contributed by atoms with van der Waals surface area (Å²) in [4.78, 5) is 0. The van der Waals surface area contributed by atoms with Crippen LogP contribution in [0.5, 0.6) is 0 Å². The molecule has 1 rings (SSSR count). The highest BCUT2D eigenvalue weighted by Crippen LogP contribution is 2.13. The van der Waals surface area contributed by atoms with Gasteiger partial charge in [0.25, 0.3) is 0 Å². The molecule has 2 nitrogen and oxygen atoms in total. The van der Waals surface area contributed by atoms with Crippen molar-refractivity contribution >= 4 is 0 Å². The normalized spacial score (nSPS) is 12.7. The summed E-state index contributed by atoms with van der Waals surface area (Å²) in [7, 11) is 0. The Balaban J connectivity index is 2.45.